The van der Waals surface area contributed by atoms with E-state index in [1.54, 1.807) is 0 Å². The van der Waals surface area contributed by atoms with Gasteiger partial charge in [0.05, 0.1) is 27.2 Å². The minimum atomic E-state index is -1.08. The number of quaternary nitrogens is 1. The number of nitrogens with one attached hydrogen (secondary N) is 1. The fraction of sp³-hybridized carbons (Fsp3) is 0.667. The van der Waals surface area contributed by atoms with Crippen LogP contribution in [0.15, 0.2) is 12.7 Å². The topological polar surface area (TPSA) is 69.2 Å². The first-order chi connectivity index (χ1) is 7.75. The van der Waals surface area contributed by atoms with Crippen LogP contribution in [0.25, 0.3) is 0 Å². The van der Waals surface area contributed by atoms with Crippen molar-refractivity contribution in [2.75, 3.05) is 33.7 Å². The molecule has 0 aliphatic carbocycles. The number of nitrogens with zero attached hydrogens (tertiary/aromatic N) is 1. The van der Waals surface area contributed by atoms with Gasteiger partial charge in [0.15, 0.2) is 0 Å². The Bertz CT molecular complexity index is 246. The molecule has 5 heteroatoms. The van der Waals surface area contributed by atoms with Gasteiger partial charge in [-0.15, -0.1) is 0 Å². The highest BCUT2D eigenvalue weighted by atomic mass is 16.4. The Morgan fingerprint density at radius 2 is 1.88 bits per heavy atom. The number of rotatable bonds is 6. The fourth-order valence-electron chi connectivity index (χ4n) is 0.949. The minimum Gasteiger partial charge on any atom is -0.550 e. The molecule has 0 aromatic rings. The van der Waals surface area contributed by atoms with Gasteiger partial charge in [-0.1, -0.05) is 6.58 Å². The lowest BCUT2D eigenvalue weighted by Gasteiger charge is -2.28. The molecule has 1 N–H and O–H groups in total. The Morgan fingerprint density at radius 3 is 2.24 bits per heavy atom. The second-order valence-corrected chi connectivity index (χ2v) is 4.32. The van der Waals surface area contributed by atoms with E-state index in [1.807, 2.05) is 0 Å². The van der Waals surface area contributed by atoms with Crippen LogP contribution in [0.4, 0.5) is 0 Å². The number of carboxylic acid groups (broad SMARTS) is 1. The minimum absolute atomic E-state index is 0.0817. The van der Waals surface area contributed by atoms with Crippen molar-refractivity contribution in [3.8, 4) is 0 Å². The molecule has 0 aromatic heterocycles. The van der Waals surface area contributed by atoms with Gasteiger partial charge in [-0.25, -0.2) is 0 Å². The maximum Gasteiger partial charge on any atom is 0.243 e. The first kappa shape index (κ1) is 18.0. The molecule has 0 fully saturated rings. The van der Waals surface area contributed by atoms with Crippen molar-refractivity contribution in [1.82, 2.24) is 5.32 Å². The highest BCUT2D eigenvalue weighted by Gasteiger charge is 2.10. The van der Waals surface area contributed by atoms with Gasteiger partial charge in [-0.05, 0) is 19.9 Å². The van der Waals surface area contributed by atoms with Crippen molar-refractivity contribution in [3.63, 3.8) is 0 Å². The van der Waals surface area contributed by atoms with Gasteiger partial charge in [-0.2, -0.15) is 0 Å². The van der Waals surface area contributed by atoms with E-state index in [4.69, 9.17) is 9.90 Å². The SMILES string of the molecule is C=CC(=O)NCCC[N+](C)(C)CC.CC(=O)[O-]. The van der Waals surface area contributed by atoms with Gasteiger partial charge in [0.2, 0.25) is 5.91 Å². The molecule has 0 spiro atoms. The van der Waals surface area contributed by atoms with E-state index in [-0.39, 0.29) is 5.91 Å². The summed E-state index contributed by atoms with van der Waals surface area (Å²) < 4.78 is 1.00. The van der Waals surface area contributed by atoms with Crippen molar-refractivity contribution >= 4 is 11.9 Å². The molecule has 100 valence electrons. The Kier molecular flexibility index (Phi) is 10.4. The van der Waals surface area contributed by atoms with Crippen LogP contribution in [0.3, 0.4) is 0 Å². The van der Waals surface area contributed by atoms with Crippen molar-refractivity contribution < 1.29 is 19.2 Å². The molecule has 0 saturated carbocycles. The predicted molar refractivity (Wildman–Crippen MR) is 66.0 cm³/mol. The number of carboxylic acids is 1. The third kappa shape index (κ3) is 17.3. The largest absolute Gasteiger partial charge is 0.550 e. The second-order valence-electron chi connectivity index (χ2n) is 4.32. The van der Waals surface area contributed by atoms with Gasteiger partial charge < -0.3 is 19.7 Å². The van der Waals surface area contributed by atoms with Crippen LogP contribution >= 0.6 is 0 Å². The van der Waals surface area contributed by atoms with Crippen LogP contribution in [0.1, 0.15) is 20.3 Å². The second kappa shape index (κ2) is 9.84. The molecular formula is C12H24N2O3. The molecular weight excluding hydrogens is 220 g/mol. The Morgan fingerprint density at radius 1 is 1.41 bits per heavy atom. The summed E-state index contributed by atoms with van der Waals surface area (Å²) in [6.45, 7) is 9.48. The average molecular weight is 244 g/mol. The molecule has 17 heavy (non-hydrogen) atoms. The zero-order chi connectivity index (χ0) is 13.9. The van der Waals surface area contributed by atoms with E-state index in [1.165, 1.54) is 6.08 Å². The van der Waals surface area contributed by atoms with Crippen molar-refractivity contribution in [2.24, 2.45) is 0 Å². The summed E-state index contributed by atoms with van der Waals surface area (Å²) in [5, 5.41) is 11.7. The van der Waals surface area contributed by atoms with Crippen LogP contribution in [0.5, 0.6) is 0 Å². The zero-order valence-corrected chi connectivity index (χ0v) is 11.3. The summed E-state index contributed by atoms with van der Waals surface area (Å²) in [6.07, 6.45) is 2.32. The van der Waals surface area contributed by atoms with Crippen molar-refractivity contribution in [3.05, 3.63) is 12.7 Å². The Labute approximate surface area is 104 Å². The third-order valence-electron chi connectivity index (χ3n) is 2.28. The lowest BCUT2D eigenvalue weighted by molar-refractivity contribution is -0.888. The molecule has 0 unspecified atom stereocenters. The van der Waals surface area contributed by atoms with Gasteiger partial charge in [-0.3, -0.25) is 4.79 Å². The number of aliphatic carboxylic acids is 1. The normalized spacial score (nSPS) is 9.88. The lowest BCUT2D eigenvalue weighted by Crippen LogP contribution is -2.41. The quantitative estimate of drug-likeness (QED) is 0.390. The van der Waals surface area contributed by atoms with E-state index in [0.717, 1.165) is 37.5 Å². The zero-order valence-electron chi connectivity index (χ0n) is 11.3. The number of hydrogen-bond acceptors (Lipinski definition) is 3. The summed E-state index contributed by atoms with van der Waals surface area (Å²) >= 11 is 0. The maximum atomic E-state index is 10.8. The summed E-state index contributed by atoms with van der Waals surface area (Å²) in [4.78, 5) is 19.7. The number of carbonyl (C=O) groups excluding carboxylic acids is 2. The Hall–Kier alpha value is -1.36. The van der Waals surface area contributed by atoms with Crippen molar-refractivity contribution in [2.45, 2.75) is 20.3 Å². The van der Waals surface area contributed by atoms with Gasteiger partial charge in [0.25, 0.3) is 0 Å². The number of amides is 1. The molecule has 0 radical (unpaired) electrons. The van der Waals surface area contributed by atoms with Crippen LogP contribution in [-0.4, -0.2) is 50.1 Å². The van der Waals surface area contributed by atoms with E-state index in [0.29, 0.717) is 0 Å². The molecule has 0 saturated heterocycles. The average Bonchev–Trinajstić information content (AvgIpc) is 2.23. The Balaban J connectivity index is 0. The summed E-state index contributed by atoms with van der Waals surface area (Å²) in [7, 11) is 4.38. The number of hydrogen-bond donors (Lipinski definition) is 1. The van der Waals surface area contributed by atoms with Gasteiger partial charge >= 0.3 is 0 Å². The van der Waals surface area contributed by atoms with Crippen LogP contribution in [0.2, 0.25) is 0 Å². The molecule has 0 aliphatic heterocycles. The first-order valence-corrected chi connectivity index (χ1v) is 5.65. The van der Waals surface area contributed by atoms with Gasteiger partial charge in [0.1, 0.15) is 0 Å². The molecule has 0 bridgehead atoms. The van der Waals surface area contributed by atoms with Crippen molar-refractivity contribution in [1.29, 1.82) is 0 Å². The molecule has 0 aliphatic rings. The fourth-order valence-corrected chi connectivity index (χ4v) is 0.949. The molecule has 0 atom stereocenters. The number of carbonyl (C=O) groups is 2. The summed E-state index contributed by atoms with van der Waals surface area (Å²) in [5.74, 6) is -1.16. The van der Waals surface area contributed by atoms with Gasteiger partial charge in [0, 0.05) is 18.9 Å². The monoisotopic (exact) mass is 244 g/mol. The van der Waals surface area contributed by atoms with E-state index in [9.17, 15) is 4.79 Å². The van der Waals surface area contributed by atoms with E-state index >= 15 is 0 Å². The van der Waals surface area contributed by atoms with Crippen LogP contribution in [-0.2, 0) is 9.59 Å². The van der Waals surface area contributed by atoms with Crippen LogP contribution in [0, 0.1) is 0 Å². The molecule has 5 nitrogen and oxygen atoms in total. The maximum absolute atomic E-state index is 10.8. The third-order valence-corrected chi connectivity index (χ3v) is 2.28. The molecule has 0 aromatic carbocycles. The highest BCUT2D eigenvalue weighted by molar-refractivity contribution is 5.86. The molecule has 0 rings (SSSR count). The smallest absolute Gasteiger partial charge is 0.243 e. The standard InChI is InChI=1S/C10H20N2O.C2H4O2/c1-5-10(13)11-8-7-9-12(3,4)6-2;1-2(3)4/h5H,1,6-9H2,2-4H3;1H3,(H,3,4). The first-order valence-electron chi connectivity index (χ1n) is 5.65. The lowest BCUT2D eigenvalue weighted by atomic mass is 10.3. The highest BCUT2D eigenvalue weighted by Crippen LogP contribution is 1.96. The summed E-state index contributed by atoms with van der Waals surface area (Å²) in [6, 6.07) is 0. The van der Waals surface area contributed by atoms with E-state index < -0.39 is 5.97 Å². The van der Waals surface area contributed by atoms with E-state index in [2.05, 4.69) is 32.9 Å². The predicted octanol–water partition coefficient (Wildman–Crippen LogP) is -0.469. The molecule has 1 amide bonds. The molecule has 0 heterocycles. The van der Waals surface area contributed by atoms with Crippen LogP contribution < -0.4 is 10.4 Å². The summed E-state index contributed by atoms with van der Waals surface area (Å²) in [5.41, 5.74) is 0.